The van der Waals surface area contributed by atoms with E-state index in [0.717, 1.165) is 22.6 Å². The number of nitrogens with zero attached hydrogens (tertiary/aromatic N) is 3. The lowest BCUT2D eigenvalue weighted by atomic mass is 10.2. The highest BCUT2D eigenvalue weighted by Crippen LogP contribution is 2.22. The summed E-state index contributed by atoms with van der Waals surface area (Å²) in [4.78, 5) is 14.1. The number of aromatic amines is 1. The van der Waals surface area contributed by atoms with Gasteiger partial charge in [0.15, 0.2) is 5.96 Å². The second kappa shape index (κ2) is 8.94. The van der Waals surface area contributed by atoms with Crippen molar-refractivity contribution < 1.29 is 9.84 Å². The van der Waals surface area contributed by atoms with Crippen molar-refractivity contribution in [2.45, 2.75) is 13.1 Å². The van der Waals surface area contributed by atoms with Crippen molar-refractivity contribution >= 4 is 5.96 Å². The number of guanidine groups is 1. The summed E-state index contributed by atoms with van der Waals surface area (Å²) < 4.78 is 5.22. The van der Waals surface area contributed by atoms with Gasteiger partial charge in [0.2, 0.25) is 0 Å². The number of nitrogens with one attached hydrogen (secondary N) is 2. The standard InChI is InChI=1S/C21H25N5O2/c1-22-21(24-12-16-11-17(28-3)9-10-19(16)27)26(2)14-20-23-13-18(25-20)15-7-5-4-6-8-15/h4-11,13,27H,12,14H2,1-3H3,(H,22,24)(H,23,25). The number of ether oxygens (including phenoxy) is 1. The van der Waals surface area contributed by atoms with Crippen LogP contribution in [0, 0.1) is 0 Å². The minimum atomic E-state index is 0.213. The Balaban J connectivity index is 1.63. The summed E-state index contributed by atoms with van der Waals surface area (Å²) in [6, 6.07) is 15.2. The van der Waals surface area contributed by atoms with Crippen LogP contribution < -0.4 is 10.1 Å². The molecule has 0 aliphatic heterocycles. The number of aromatic nitrogens is 2. The van der Waals surface area contributed by atoms with Crippen LogP contribution in [0.25, 0.3) is 11.3 Å². The first kappa shape index (κ1) is 19.3. The van der Waals surface area contributed by atoms with Gasteiger partial charge in [-0.25, -0.2) is 4.98 Å². The number of rotatable bonds is 6. The van der Waals surface area contributed by atoms with E-state index in [1.54, 1.807) is 32.4 Å². The monoisotopic (exact) mass is 379 g/mol. The van der Waals surface area contributed by atoms with Gasteiger partial charge in [-0.1, -0.05) is 30.3 Å². The zero-order valence-electron chi connectivity index (χ0n) is 16.3. The number of methoxy groups -OCH3 is 1. The number of phenolic OH excluding ortho intramolecular Hbond substituents is 1. The summed E-state index contributed by atoms with van der Waals surface area (Å²) >= 11 is 0. The fourth-order valence-corrected chi connectivity index (χ4v) is 2.90. The Kier molecular flexibility index (Phi) is 6.16. The second-order valence-corrected chi connectivity index (χ2v) is 6.36. The van der Waals surface area contributed by atoms with E-state index in [1.807, 2.05) is 48.5 Å². The molecule has 0 amide bonds. The van der Waals surface area contributed by atoms with Crippen molar-refractivity contribution in [2.24, 2.45) is 4.99 Å². The smallest absolute Gasteiger partial charge is 0.194 e. The van der Waals surface area contributed by atoms with Crippen LogP contribution in [0.1, 0.15) is 11.4 Å². The van der Waals surface area contributed by atoms with Crippen molar-refractivity contribution in [3.8, 4) is 22.8 Å². The Morgan fingerprint density at radius 2 is 2.04 bits per heavy atom. The molecule has 0 aliphatic carbocycles. The molecule has 0 aliphatic rings. The average Bonchev–Trinajstić information content (AvgIpc) is 3.19. The van der Waals surface area contributed by atoms with Gasteiger partial charge in [0, 0.05) is 26.2 Å². The van der Waals surface area contributed by atoms with Gasteiger partial charge in [-0.05, 0) is 23.8 Å². The Labute approximate surface area is 164 Å². The minimum Gasteiger partial charge on any atom is -0.508 e. The van der Waals surface area contributed by atoms with E-state index in [1.165, 1.54) is 0 Å². The van der Waals surface area contributed by atoms with E-state index < -0.39 is 0 Å². The number of phenols is 1. The van der Waals surface area contributed by atoms with Gasteiger partial charge < -0.3 is 25.0 Å². The van der Waals surface area contributed by atoms with Crippen LogP contribution in [0.5, 0.6) is 11.5 Å². The van der Waals surface area contributed by atoms with Gasteiger partial charge in [0.05, 0.1) is 25.5 Å². The number of imidazole rings is 1. The maximum Gasteiger partial charge on any atom is 0.194 e. The quantitative estimate of drug-likeness (QED) is 0.453. The molecule has 7 nitrogen and oxygen atoms in total. The number of aliphatic imine (C=N–C) groups is 1. The van der Waals surface area contributed by atoms with Gasteiger partial charge in [-0.3, -0.25) is 4.99 Å². The van der Waals surface area contributed by atoms with Crippen LogP contribution in [0.2, 0.25) is 0 Å². The van der Waals surface area contributed by atoms with Gasteiger partial charge in [0.25, 0.3) is 0 Å². The molecule has 3 rings (SSSR count). The van der Waals surface area contributed by atoms with Gasteiger partial charge in [-0.2, -0.15) is 0 Å². The maximum atomic E-state index is 10.0. The lowest BCUT2D eigenvalue weighted by Crippen LogP contribution is -2.38. The number of hydrogen-bond donors (Lipinski definition) is 3. The predicted molar refractivity (Wildman–Crippen MR) is 110 cm³/mol. The second-order valence-electron chi connectivity index (χ2n) is 6.36. The van der Waals surface area contributed by atoms with Crippen molar-refractivity contribution in [1.29, 1.82) is 0 Å². The van der Waals surface area contributed by atoms with E-state index in [-0.39, 0.29) is 5.75 Å². The van der Waals surface area contributed by atoms with E-state index in [0.29, 0.717) is 24.8 Å². The lowest BCUT2D eigenvalue weighted by Gasteiger charge is -2.21. The van der Waals surface area contributed by atoms with Crippen LogP contribution in [0.3, 0.4) is 0 Å². The van der Waals surface area contributed by atoms with Gasteiger partial charge in [0.1, 0.15) is 17.3 Å². The van der Waals surface area contributed by atoms with Crippen molar-refractivity contribution in [2.75, 3.05) is 21.2 Å². The van der Waals surface area contributed by atoms with Crippen molar-refractivity contribution in [1.82, 2.24) is 20.2 Å². The van der Waals surface area contributed by atoms with Crippen molar-refractivity contribution in [3.05, 3.63) is 66.1 Å². The summed E-state index contributed by atoms with van der Waals surface area (Å²) in [5.74, 6) is 2.44. The predicted octanol–water partition coefficient (Wildman–Crippen LogP) is 3.00. The van der Waals surface area contributed by atoms with Crippen LogP contribution in [0.15, 0.2) is 59.7 Å². The molecule has 0 radical (unpaired) electrons. The van der Waals surface area contributed by atoms with Crippen LogP contribution >= 0.6 is 0 Å². The molecule has 0 saturated carbocycles. The summed E-state index contributed by atoms with van der Waals surface area (Å²) in [6.45, 7) is 0.990. The molecule has 146 valence electrons. The Bertz CT molecular complexity index is 937. The highest BCUT2D eigenvalue weighted by atomic mass is 16.5. The van der Waals surface area contributed by atoms with Crippen LogP contribution in [0.4, 0.5) is 0 Å². The van der Waals surface area contributed by atoms with E-state index in [9.17, 15) is 5.11 Å². The van der Waals surface area contributed by atoms with E-state index >= 15 is 0 Å². The first-order valence-corrected chi connectivity index (χ1v) is 8.97. The Morgan fingerprint density at radius 1 is 1.25 bits per heavy atom. The van der Waals surface area contributed by atoms with Crippen LogP contribution in [-0.2, 0) is 13.1 Å². The molecular weight excluding hydrogens is 354 g/mol. The lowest BCUT2D eigenvalue weighted by molar-refractivity contribution is 0.410. The molecule has 0 fully saturated rings. The third-order valence-electron chi connectivity index (χ3n) is 4.40. The minimum absolute atomic E-state index is 0.213. The highest BCUT2D eigenvalue weighted by molar-refractivity contribution is 5.79. The SMILES string of the molecule is CN=C(NCc1cc(OC)ccc1O)N(C)Cc1ncc(-c2ccccc2)[nH]1. The molecule has 7 heteroatoms. The molecular formula is C21H25N5O2. The average molecular weight is 379 g/mol. The zero-order valence-corrected chi connectivity index (χ0v) is 16.3. The Hall–Kier alpha value is -3.48. The molecule has 2 aromatic carbocycles. The third-order valence-corrected chi connectivity index (χ3v) is 4.40. The molecule has 1 heterocycles. The highest BCUT2D eigenvalue weighted by Gasteiger charge is 2.11. The first-order chi connectivity index (χ1) is 13.6. The fraction of sp³-hybridized carbons (Fsp3) is 0.238. The van der Waals surface area contributed by atoms with E-state index in [2.05, 4.69) is 20.3 Å². The molecule has 1 aromatic heterocycles. The summed E-state index contributed by atoms with van der Waals surface area (Å²) in [5, 5.41) is 13.3. The summed E-state index contributed by atoms with van der Waals surface area (Å²) in [6.07, 6.45) is 1.84. The topological polar surface area (TPSA) is 85.8 Å². The normalized spacial score (nSPS) is 11.3. The van der Waals surface area contributed by atoms with Crippen LogP contribution in [-0.4, -0.2) is 47.1 Å². The molecule has 0 unspecified atom stereocenters. The summed E-state index contributed by atoms with van der Waals surface area (Å²) in [7, 11) is 5.26. The molecule has 0 saturated heterocycles. The molecule has 0 spiro atoms. The zero-order chi connectivity index (χ0) is 19.9. The molecule has 3 aromatic rings. The summed E-state index contributed by atoms with van der Waals surface area (Å²) in [5.41, 5.74) is 2.81. The molecule has 3 N–H and O–H groups in total. The Morgan fingerprint density at radius 3 is 2.75 bits per heavy atom. The third kappa shape index (κ3) is 4.62. The first-order valence-electron chi connectivity index (χ1n) is 8.97. The van der Waals surface area contributed by atoms with Gasteiger partial charge >= 0.3 is 0 Å². The molecule has 28 heavy (non-hydrogen) atoms. The number of benzene rings is 2. The number of hydrogen-bond acceptors (Lipinski definition) is 4. The van der Waals surface area contributed by atoms with Crippen molar-refractivity contribution in [3.63, 3.8) is 0 Å². The van der Waals surface area contributed by atoms with E-state index in [4.69, 9.17) is 4.74 Å². The largest absolute Gasteiger partial charge is 0.508 e. The maximum absolute atomic E-state index is 10.0. The number of H-pyrrole nitrogens is 1. The van der Waals surface area contributed by atoms with Gasteiger partial charge in [-0.15, -0.1) is 0 Å². The molecule has 0 bridgehead atoms. The molecule has 0 atom stereocenters. The number of aromatic hydroxyl groups is 1. The fourth-order valence-electron chi connectivity index (χ4n) is 2.90.